The summed E-state index contributed by atoms with van der Waals surface area (Å²) in [5.41, 5.74) is 3.13. The van der Waals surface area contributed by atoms with Crippen molar-refractivity contribution in [3.63, 3.8) is 0 Å². The van der Waals surface area contributed by atoms with Gasteiger partial charge in [0.05, 0.1) is 5.56 Å². The summed E-state index contributed by atoms with van der Waals surface area (Å²) < 4.78 is 14.9. The van der Waals surface area contributed by atoms with E-state index in [4.69, 9.17) is 5.11 Å². The van der Waals surface area contributed by atoms with Gasteiger partial charge in [-0.3, -0.25) is 4.79 Å². The molecule has 1 aromatic heterocycles. The van der Waals surface area contributed by atoms with Crippen molar-refractivity contribution in [1.29, 1.82) is 0 Å². The van der Waals surface area contributed by atoms with Gasteiger partial charge in [0.1, 0.15) is 5.82 Å². The molecule has 1 heterocycles. The molecule has 2 aromatic rings. The van der Waals surface area contributed by atoms with Crippen LogP contribution in [0.25, 0.3) is 5.69 Å². The second-order valence-electron chi connectivity index (χ2n) is 4.93. The molecule has 0 unspecified atom stereocenters. The van der Waals surface area contributed by atoms with Crippen LogP contribution < -0.4 is 5.32 Å². The zero-order valence-corrected chi connectivity index (χ0v) is 12.2. The Morgan fingerprint density at radius 1 is 1.29 bits per heavy atom. The van der Waals surface area contributed by atoms with E-state index in [2.05, 4.69) is 5.32 Å². The molecule has 2 N–H and O–H groups in total. The van der Waals surface area contributed by atoms with Crippen molar-refractivity contribution in [2.24, 2.45) is 0 Å². The number of hydrogen-bond acceptors (Lipinski definition) is 2. The highest BCUT2D eigenvalue weighted by atomic mass is 19.1. The van der Waals surface area contributed by atoms with E-state index < -0.39 is 0 Å². The van der Waals surface area contributed by atoms with Gasteiger partial charge in [-0.05, 0) is 50.6 Å². The van der Waals surface area contributed by atoms with Gasteiger partial charge in [-0.25, -0.2) is 4.39 Å². The normalized spacial score (nSPS) is 10.7. The Balaban J connectivity index is 2.29. The minimum absolute atomic E-state index is 0.0505. The number of hydrogen-bond donors (Lipinski definition) is 2. The zero-order chi connectivity index (χ0) is 15.4. The number of rotatable bonds is 5. The minimum atomic E-state index is -0.289. The van der Waals surface area contributed by atoms with Crippen molar-refractivity contribution in [3.8, 4) is 5.69 Å². The third-order valence-electron chi connectivity index (χ3n) is 3.38. The van der Waals surface area contributed by atoms with Gasteiger partial charge in [-0.15, -0.1) is 0 Å². The fraction of sp³-hybridized carbons (Fsp3) is 0.312. The van der Waals surface area contributed by atoms with Gasteiger partial charge < -0.3 is 15.0 Å². The van der Waals surface area contributed by atoms with Gasteiger partial charge in [0.15, 0.2) is 0 Å². The van der Waals surface area contributed by atoms with Crippen LogP contribution in [0, 0.1) is 19.7 Å². The molecular formula is C16H19FN2O2. The standard InChI is InChI=1S/C16H19FN2O2/c1-11-10-15(16(21)18-8-3-9-20)12(2)19(11)14-6-4-13(17)5-7-14/h4-7,10,20H,3,8-9H2,1-2H3,(H,18,21). The number of aliphatic hydroxyl groups excluding tert-OH is 1. The second kappa shape index (κ2) is 6.54. The summed E-state index contributed by atoms with van der Waals surface area (Å²) in [4.78, 5) is 12.1. The van der Waals surface area contributed by atoms with E-state index in [9.17, 15) is 9.18 Å². The molecule has 4 nitrogen and oxygen atoms in total. The molecular weight excluding hydrogens is 271 g/mol. The first-order chi connectivity index (χ1) is 10.0. The molecule has 0 atom stereocenters. The molecule has 0 fully saturated rings. The maximum absolute atomic E-state index is 13.0. The molecule has 0 saturated heterocycles. The third kappa shape index (κ3) is 3.31. The molecule has 112 valence electrons. The number of carbonyl (C=O) groups is 1. The van der Waals surface area contributed by atoms with Crippen molar-refractivity contribution in [1.82, 2.24) is 9.88 Å². The second-order valence-corrected chi connectivity index (χ2v) is 4.93. The molecule has 0 bridgehead atoms. The average molecular weight is 290 g/mol. The predicted octanol–water partition coefficient (Wildman–Crippen LogP) is 2.35. The van der Waals surface area contributed by atoms with Gasteiger partial charge >= 0.3 is 0 Å². The van der Waals surface area contributed by atoms with Gasteiger partial charge in [0.25, 0.3) is 5.91 Å². The Hall–Kier alpha value is -2.14. The number of carbonyl (C=O) groups excluding carboxylic acids is 1. The van der Waals surface area contributed by atoms with Crippen molar-refractivity contribution in [2.45, 2.75) is 20.3 Å². The summed E-state index contributed by atoms with van der Waals surface area (Å²) in [6, 6.07) is 7.98. The quantitative estimate of drug-likeness (QED) is 0.831. The maximum atomic E-state index is 13.0. The molecule has 5 heteroatoms. The predicted molar refractivity (Wildman–Crippen MR) is 79.2 cm³/mol. The van der Waals surface area contributed by atoms with Crippen LogP contribution in [-0.2, 0) is 0 Å². The monoisotopic (exact) mass is 290 g/mol. The highest BCUT2D eigenvalue weighted by molar-refractivity contribution is 5.95. The maximum Gasteiger partial charge on any atom is 0.253 e. The summed E-state index contributed by atoms with van der Waals surface area (Å²) in [5, 5.41) is 11.5. The summed E-state index contributed by atoms with van der Waals surface area (Å²) in [7, 11) is 0. The van der Waals surface area contributed by atoms with Crippen molar-refractivity contribution in [3.05, 3.63) is 53.1 Å². The highest BCUT2D eigenvalue weighted by Gasteiger charge is 2.16. The van der Waals surface area contributed by atoms with Crippen LogP contribution in [0.4, 0.5) is 4.39 Å². The van der Waals surface area contributed by atoms with Gasteiger partial charge in [-0.2, -0.15) is 0 Å². The van der Waals surface area contributed by atoms with Crippen LogP contribution in [0.3, 0.4) is 0 Å². The Morgan fingerprint density at radius 2 is 1.95 bits per heavy atom. The lowest BCUT2D eigenvalue weighted by Crippen LogP contribution is -2.25. The van der Waals surface area contributed by atoms with E-state index in [-0.39, 0.29) is 18.3 Å². The van der Waals surface area contributed by atoms with Gasteiger partial charge in [0.2, 0.25) is 0 Å². The van der Waals surface area contributed by atoms with E-state index in [1.807, 2.05) is 24.5 Å². The number of amides is 1. The topological polar surface area (TPSA) is 54.3 Å². The molecule has 0 radical (unpaired) electrons. The first kappa shape index (κ1) is 15.3. The smallest absolute Gasteiger partial charge is 0.253 e. The van der Waals surface area contributed by atoms with Crippen LogP contribution in [0.1, 0.15) is 28.2 Å². The van der Waals surface area contributed by atoms with Crippen LogP contribution in [-0.4, -0.2) is 28.7 Å². The fourth-order valence-electron chi connectivity index (χ4n) is 2.36. The molecule has 21 heavy (non-hydrogen) atoms. The number of nitrogens with one attached hydrogen (secondary N) is 1. The number of aliphatic hydroxyl groups is 1. The van der Waals surface area contributed by atoms with Crippen molar-refractivity contribution < 1.29 is 14.3 Å². The summed E-state index contributed by atoms with van der Waals surface area (Å²) in [6.07, 6.45) is 0.530. The van der Waals surface area contributed by atoms with Crippen LogP contribution in [0.15, 0.2) is 30.3 Å². The Morgan fingerprint density at radius 3 is 2.57 bits per heavy atom. The van der Waals surface area contributed by atoms with Crippen LogP contribution in [0.2, 0.25) is 0 Å². The summed E-state index contributed by atoms with van der Waals surface area (Å²) in [6.45, 7) is 4.25. The van der Waals surface area contributed by atoms with Crippen molar-refractivity contribution >= 4 is 5.91 Å². The van der Waals surface area contributed by atoms with Crippen LogP contribution >= 0.6 is 0 Å². The summed E-state index contributed by atoms with van der Waals surface area (Å²) in [5.74, 6) is -0.451. The molecule has 1 amide bonds. The van der Waals surface area contributed by atoms with Crippen molar-refractivity contribution in [2.75, 3.05) is 13.2 Å². The molecule has 0 saturated carbocycles. The Bertz CT molecular complexity index is 632. The molecule has 2 rings (SSSR count). The first-order valence-corrected chi connectivity index (χ1v) is 6.88. The zero-order valence-electron chi connectivity index (χ0n) is 12.2. The summed E-state index contributed by atoms with van der Waals surface area (Å²) >= 11 is 0. The Kier molecular flexibility index (Phi) is 4.75. The van der Waals surface area contributed by atoms with E-state index in [1.54, 1.807) is 12.1 Å². The molecule has 0 aliphatic heterocycles. The number of halogens is 1. The van der Waals surface area contributed by atoms with E-state index in [1.165, 1.54) is 12.1 Å². The van der Waals surface area contributed by atoms with Gasteiger partial charge in [-0.1, -0.05) is 0 Å². The lowest BCUT2D eigenvalue weighted by atomic mass is 10.2. The highest BCUT2D eigenvalue weighted by Crippen LogP contribution is 2.21. The largest absolute Gasteiger partial charge is 0.396 e. The van der Waals surface area contributed by atoms with Crippen LogP contribution in [0.5, 0.6) is 0 Å². The SMILES string of the molecule is Cc1cc(C(=O)NCCCO)c(C)n1-c1ccc(F)cc1. The molecule has 0 aliphatic carbocycles. The third-order valence-corrected chi connectivity index (χ3v) is 3.38. The van der Waals surface area contributed by atoms with E-state index in [0.29, 0.717) is 18.5 Å². The molecule has 0 spiro atoms. The van der Waals surface area contributed by atoms with E-state index in [0.717, 1.165) is 17.1 Å². The molecule has 1 aromatic carbocycles. The van der Waals surface area contributed by atoms with E-state index >= 15 is 0 Å². The lowest BCUT2D eigenvalue weighted by Gasteiger charge is -2.10. The number of nitrogens with zero attached hydrogens (tertiary/aromatic N) is 1. The number of aromatic nitrogens is 1. The minimum Gasteiger partial charge on any atom is -0.396 e. The average Bonchev–Trinajstić information content (AvgIpc) is 2.76. The van der Waals surface area contributed by atoms with Gasteiger partial charge in [0, 0.05) is 30.2 Å². The molecule has 0 aliphatic rings. The number of aryl methyl sites for hydroxylation is 1. The fourth-order valence-corrected chi connectivity index (χ4v) is 2.36. The lowest BCUT2D eigenvalue weighted by molar-refractivity contribution is 0.0950. The first-order valence-electron chi connectivity index (χ1n) is 6.88. The Labute approximate surface area is 123 Å². The number of benzene rings is 1.